The molecule has 0 saturated carbocycles. The third-order valence-corrected chi connectivity index (χ3v) is 6.85. The Kier molecular flexibility index (Phi) is 6.90. The van der Waals surface area contributed by atoms with Gasteiger partial charge in [-0.1, -0.05) is 47.6 Å². The highest BCUT2D eigenvalue weighted by atomic mass is 32.2. The van der Waals surface area contributed by atoms with E-state index < -0.39 is 0 Å². The molecule has 3 aromatic rings. The molecule has 0 bridgehead atoms. The molecule has 2 aromatic carbocycles. The highest BCUT2D eigenvalue weighted by Crippen LogP contribution is 2.29. The van der Waals surface area contributed by atoms with Crippen molar-refractivity contribution in [2.24, 2.45) is 5.92 Å². The topological polar surface area (TPSA) is 46.3 Å². The van der Waals surface area contributed by atoms with Gasteiger partial charge in [-0.15, -0.1) is 11.8 Å². The summed E-state index contributed by atoms with van der Waals surface area (Å²) in [6.07, 6.45) is 4.51. The van der Waals surface area contributed by atoms with Crippen LogP contribution in [0.2, 0.25) is 0 Å². The fraction of sp³-hybridized carbons (Fsp3) is 0.360. The van der Waals surface area contributed by atoms with Crippen LogP contribution >= 0.6 is 11.8 Å². The molecular formula is C25H28N2O2S. The van der Waals surface area contributed by atoms with Crippen LogP contribution in [0.4, 0.5) is 0 Å². The monoisotopic (exact) mass is 420 g/mol. The number of piperidine rings is 1. The largest absolute Gasteiger partial charge is 0.360 e. The highest BCUT2D eigenvalue weighted by Gasteiger charge is 2.25. The Bertz CT molecular complexity index is 962. The maximum Gasteiger partial charge on any atom is 0.254 e. The van der Waals surface area contributed by atoms with Crippen LogP contribution in [-0.2, 0) is 12.2 Å². The SMILES string of the molecule is Cc1cc(CSc2ccccc2C(=O)N2CCC(CCc3ccccc3)CC2)on1. The van der Waals surface area contributed by atoms with Crippen molar-refractivity contribution in [3.05, 3.63) is 83.2 Å². The van der Waals surface area contributed by atoms with Crippen molar-refractivity contribution >= 4 is 17.7 Å². The fourth-order valence-electron chi connectivity index (χ4n) is 4.01. The number of aromatic nitrogens is 1. The van der Waals surface area contributed by atoms with E-state index in [1.807, 2.05) is 42.2 Å². The smallest absolute Gasteiger partial charge is 0.254 e. The summed E-state index contributed by atoms with van der Waals surface area (Å²) in [5, 5.41) is 3.94. The number of nitrogens with zero attached hydrogens (tertiary/aromatic N) is 2. The van der Waals surface area contributed by atoms with E-state index in [1.165, 1.54) is 12.0 Å². The molecular weight excluding hydrogens is 392 g/mol. The molecule has 0 radical (unpaired) electrons. The van der Waals surface area contributed by atoms with E-state index in [4.69, 9.17) is 4.52 Å². The van der Waals surface area contributed by atoms with Crippen LogP contribution in [0.25, 0.3) is 0 Å². The fourth-order valence-corrected chi connectivity index (χ4v) is 4.93. The van der Waals surface area contributed by atoms with Gasteiger partial charge in [0.05, 0.1) is 17.0 Å². The van der Waals surface area contributed by atoms with Crippen molar-refractivity contribution in [2.75, 3.05) is 13.1 Å². The molecule has 4 rings (SSSR count). The zero-order chi connectivity index (χ0) is 20.8. The van der Waals surface area contributed by atoms with E-state index in [9.17, 15) is 4.79 Å². The molecule has 1 aliphatic rings. The van der Waals surface area contributed by atoms with Gasteiger partial charge in [-0.3, -0.25) is 4.79 Å². The van der Waals surface area contributed by atoms with Gasteiger partial charge in [0.25, 0.3) is 5.91 Å². The van der Waals surface area contributed by atoms with Crippen molar-refractivity contribution in [3.8, 4) is 0 Å². The number of likely N-dealkylation sites (tertiary alicyclic amines) is 1. The third-order valence-electron chi connectivity index (χ3n) is 5.75. The molecule has 1 aromatic heterocycles. The Balaban J connectivity index is 1.31. The second kappa shape index (κ2) is 9.98. The minimum absolute atomic E-state index is 0.147. The molecule has 0 unspecified atom stereocenters. The van der Waals surface area contributed by atoms with Crippen LogP contribution in [0, 0.1) is 12.8 Å². The van der Waals surface area contributed by atoms with Crippen molar-refractivity contribution in [1.82, 2.24) is 10.1 Å². The minimum Gasteiger partial charge on any atom is -0.360 e. The number of hydrogen-bond donors (Lipinski definition) is 0. The predicted octanol–water partition coefficient (Wildman–Crippen LogP) is 5.76. The summed E-state index contributed by atoms with van der Waals surface area (Å²) in [6.45, 7) is 3.61. The predicted molar refractivity (Wildman–Crippen MR) is 121 cm³/mol. The van der Waals surface area contributed by atoms with Crippen LogP contribution in [0.5, 0.6) is 0 Å². The van der Waals surface area contributed by atoms with E-state index in [2.05, 4.69) is 35.5 Å². The summed E-state index contributed by atoms with van der Waals surface area (Å²) in [5.74, 6) is 2.35. The molecule has 30 heavy (non-hydrogen) atoms. The van der Waals surface area contributed by atoms with Gasteiger partial charge >= 0.3 is 0 Å². The minimum atomic E-state index is 0.147. The first-order valence-electron chi connectivity index (χ1n) is 10.7. The Morgan fingerprint density at radius 1 is 1.10 bits per heavy atom. The summed E-state index contributed by atoms with van der Waals surface area (Å²) in [5.41, 5.74) is 3.08. The van der Waals surface area contributed by atoms with Crippen LogP contribution in [0.15, 0.2) is 70.1 Å². The molecule has 0 N–H and O–H groups in total. The standard InChI is InChI=1S/C25H28N2O2S/c1-19-17-22(29-26-19)18-30-24-10-6-5-9-23(24)25(28)27-15-13-21(14-16-27)12-11-20-7-3-2-4-8-20/h2-10,17,21H,11-16,18H2,1H3. The highest BCUT2D eigenvalue weighted by molar-refractivity contribution is 7.98. The van der Waals surface area contributed by atoms with Crippen LogP contribution in [0.1, 0.15) is 46.6 Å². The van der Waals surface area contributed by atoms with E-state index in [-0.39, 0.29) is 5.91 Å². The normalized spacial score (nSPS) is 14.8. The summed E-state index contributed by atoms with van der Waals surface area (Å²) in [4.78, 5) is 16.2. The van der Waals surface area contributed by atoms with Crippen LogP contribution < -0.4 is 0 Å². The molecule has 1 fully saturated rings. The lowest BCUT2D eigenvalue weighted by molar-refractivity contribution is 0.0683. The van der Waals surface area contributed by atoms with Gasteiger partial charge in [0, 0.05) is 24.1 Å². The van der Waals surface area contributed by atoms with Gasteiger partial charge in [-0.25, -0.2) is 0 Å². The molecule has 0 aliphatic carbocycles. The van der Waals surface area contributed by atoms with Crippen molar-refractivity contribution < 1.29 is 9.32 Å². The summed E-state index contributed by atoms with van der Waals surface area (Å²) in [6, 6.07) is 20.5. The summed E-state index contributed by atoms with van der Waals surface area (Å²) < 4.78 is 5.30. The maximum absolute atomic E-state index is 13.2. The van der Waals surface area contributed by atoms with Gasteiger partial charge < -0.3 is 9.42 Å². The second-order valence-electron chi connectivity index (χ2n) is 7.98. The number of rotatable bonds is 7. The van der Waals surface area contributed by atoms with Crippen LogP contribution in [0.3, 0.4) is 0 Å². The number of hydrogen-bond acceptors (Lipinski definition) is 4. The van der Waals surface area contributed by atoms with Crippen molar-refractivity contribution in [3.63, 3.8) is 0 Å². The average Bonchev–Trinajstić information content (AvgIpc) is 3.22. The lowest BCUT2D eigenvalue weighted by atomic mass is 9.90. The number of aryl methyl sites for hydroxylation is 2. The van der Waals surface area contributed by atoms with Crippen molar-refractivity contribution in [2.45, 2.75) is 43.3 Å². The molecule has 5 heteroatoms. The quantitative estimate of drug-likeness (QED) is 0.456. The number of carbonyl (C=O) groups is 1. The lowest BCUT2D eigenvalue weighted by Crippen LogP contribution is -2.38. The molecule has 156 valence electrons. The molecule has 1 aliphatic heterocycles. The van der Waals surface area contributed by atoms with Crippen molar-refractivity contribution in [1.29, 1.82) is 0 Å². The zero-order valence-corrected chi connectivity index (χ0v) is 18.2. The molecule has 0 spiro atoms. The summed E-state index contributed by atoms with van der Waals surface area (Å²) >= 11 is 1.63. The van der Waals surface area contributed by atoms with E-state index in [1.54, 1.807) is 11.8 Å². The zero-order valence-electron chi connectivity index (χ0n) is 17.4. The van der Waals surface area contributed by atoms with Gasteiger partial charge in [0.2, 0.25) is 0 Å². The molecule has 0 atom stereocenters. The number of carbonyl (C=O) groups excluding carboxylic acids is 1. The van der Waals surface area contributed by atoms with Gasteiger partial charge in [0.1, 0.15) is 5.76 Å². The Morgan fingerprint density at radius 3 is 2.57 bits per heavy atom. The molecule has 1 saturated heterocycles. The van der Waals surface area contributed by atoms with Gasteiger partial charge in [-0.2, -0.15) is 0 Å². The van der Waals surface area contributed by atoms with Gasteiger partial charge in [0.15, 0.2) is 0 Å². The third kappa shape index (κ3) is 5.33. The Hall–Kier alpha value is -2.53. The van der Waals surface area contributed by atoms with E-state index in [0.717, 1.165) is 54.3 Å². The van der Waals surface area contributed by atoms with Crippen LogP contribution in [-0.4, -0.2) is 29.1 Å². The van der Waals surface area contributed by atoms with Gasteiger partial charge in [-0.05, 0) is 56.2 Å². The number of thioether (sulfide) groups is 1. The first-order valence-corrected chi connectivity index (χ1v) is 11.6. The maximum atomic E-state index is 13.2. The lowest BCUT2D eigenvalue weighted by Gasteiger charge is -2.32. The molecule has 2 heterocycles. The number of benzene rings is 2. The van der Waals surface area contributed by atoms with E-state index >= 15 is 0 Å². The molecule has 4 nitrogen and oxygen atoms in total. The second-order valence-corrected chi connectivity index (χ2v) is 9.00. The average molecular weight is 421 g/mol. The Labute approximate surface area is 182 Å². The first kappa shape index (κ1) is 20.7. The number of amides is 1. The first-order chi connectivity index (χ1) is 14.7. The van der Waals surface area contributed by atoms with E-state index in [0.29, 0.717) is 11.7 Å². The molecule has 1 amide bonds. The Morgan fingerprint density at radius 2 is 1.83 bits per heavy atom. The summed E-state index contributed by atoms with van der Waals surface area (Å²) in [7, 11) is 0.